The van der Waals surface area contributed by atoms with Crippen molar-refractivity contribution in [1.29, 1.82) is 5.26 Å². The Morgan fingerprint density at radius 1 is 1.50 bits per heavy atom. The van der Waals surface area contributed by atoms with E-state index in [-0.39, 0.29) is 23.5 Å². The third-order valence-electron chi connectivity index (χ3n) is 3.30. The van der Waals surface area contributed by atoms with Crippen molar-refractivity contribution < 1.29 is 14.4 Å². The molecule has 0 saturated carbocycles. The Bertz CT molecular complexity index is 603. The number of benzene rings is 1. The van der Waals surface area contributed by atoms with E-state index in [0.29, 0.717) is 11.3 Å². The van der Waals surface area contributed by atoms with Crippen molar-refractivity contribution in [3.8, 4) is 11.8 Å². The molecule has 18 heavy (non-hydrogen) atoms. The van der Waals surface area contributed by atoms with Gasteiger partial charge in [0.2, 0.25) is 0 Å². The number of hydrogen-bond acceptors (Lipinski definition) is 5. The molecule has 0 bridgehead atoms. The van der Waals surface area contributed by atoms with E-state index < -0.39 is 10.5 Å². The number of nitro groups is 1. The van der Waals surface area contributed by atoms with E-state index in [0.717, 1.165) is 0 Å². The van der Waals surface area contributed by atoms with Gasteiger partial charge >= 0.3 is 0 Å². The summed E-state index contributed by atoms with van der Waals surface area (Å²) >= 11 is 0. The van der Waals surface area contributed by atoms with Gasteiger partial charge in [0.25, 0.3) is 5.69 Å². The maximum atomic E-state index is 10.9. The van der Waals surface area contributed by atoms with Crippen LogP contribution in [0.5, 0.6) is 5.75 Å². The van der Waals surface area contributed by atoms with Crippen LogP contribution in [-0.2, 0) is 4.74 Å². The van der Waals surface area contributed by atoms with Crippen molar-refractivity contribution in [2.45, 2.75) is 31.7 Å². The first-order valence-electron chi connectivity index (χ1n) is 5.51. The fourth-order valence-corrected chi connectivity index (χ4v) is 2.35. The minimum Gasteiger partial charge on any atom is -0.485 e. The summed E-state index contributed by atoms with van der Waals surface area (Å²) in [5.74, 6) is 0.501. The van der Waals surface area contributed by atoms with E-state index in [9.17, 15) is 10.1 Å². The maximum absolute atomic E-state index is 10.9. The van der Waals surface area contributed by atoms with E-state index >= 15 is 0 Å². The summed E-state index contributed by atoms with van der Waals surface area (Å²) in [7, 11) is 0. The largest absolute Gasteiger partial charge is 0.485 e. The highest BCUT2D eigenvalue weighted by atomic mass is 16.6. The summed E-state index contributed by atoms with van der Waals surface area (Å²) in [4.78, 5) is 10.3. The lowest BCUT2D eigenvalue weighted by Gasteiger charge is -2.29. The monoisotopic (exact) mass is 246 g/mol. The van der Waals surface area contributed by atoms with Crippen LogP contribution in [0.4, 0.5) is 5.69 Å². The van der Waals surface area contributed by atoms with Gasteiger partial charge in [-0.05, 0) is 13.8 Å². The molecular weight excluding hydrogens is 236 g/mol. The standard InChI is InChI=1S/C12H10N2O4/c1-12(2)11-10(17-11)7-4-8(14(15)16)6(5-13)3-9(7)18-12/h3-4,10-11H,1-2H3. The molecule has 0 aromatic heterocycles. The van der Waals surface area contributed by atoms with Crippen LogP contribution in [-0.4, -0.2) is 16.6 Å². The van der Waals surface area contributed by atoms with Crippen LogP contribution in [0, 0.1) is 21.4 Å². The van der Waals surface area contributed by atoms with E-state index in [1.807, 2.05) is 19.9 Å². The predicted molar refractivity (Wildman–Crippen MR) is 60.1 cm³/mol. The topological polar surface area (TPSA) is 88.7 Å². The fraction of sp³-hybridized carbons (Fsp3) is 0.417. The summed E-state index contributed by atoms with van der Waals surface area (Å²) in [5, 5.41) is 19.8. The van der Waals surface area contributed by atoms with Crippen molar-refractivity contribution in [3.63, 3.8) is 0 Å². The zero-order chi connectivity index (χ0) is 13.1. The predicted octanol–water partition coefficient (Wildman–Crippen LogP) is 2.08. The molecule has 2 aliphatic heterocycles. The molecule has 1 aromatic carbocycles. The van der Waals surface area contributed by atoms with Gasteiger partial charge in [0, 0.05) is 17.7 Å². The normalized spacial score (nSPS) is 26.3. The molecule has 2 heterocycles. The first-order valence-corrected chi connectivity index (χ1v) is 5.51. The molecule has 1 fully saturated rings. The van der Waals surface area contributed by atoms with Crippen LogP contribution in [0.1, 0.15) is 31.1 Å². The summed E-state index contributed by atoms with van der Waals surface area (Å²) in [5.41, 5.74) is -0.00644. The number of nitriles is 1. The summed E-state index contributed by atoms with van der Waals surface area (Å²) < 4.78 is 11.2. The molecular formula is C12H10N2O4. The maximum Gasteiger partial charge on any atom is 0.287 e. The van der Waals surface area contributed by atoms with Crippen LogP contribution in [0.25, 0.3) is 0 Å². The van der Waals surface area contributed by atoms with Crippen LogP contribution in [0.2, 0.25) is 0 Å². The third-order valence-corrected chi connectivity index (χ3v) is 3.30. The lowest BCUT2D eigenvalue weighted by Crippen LogP contribution is -2.37. The van der Waals surface area contributed by atoms with Gasteiger partial charge in [0.1, 0.15) is 35.2 Å². The first-order chi connectivity index (χ1) is 8.44. The molecule has 92 valence electrons. The molecule has 1 aromatic rings. The van der Waals surface area contributed by atoms with Gasteiger partial charge in [-0.25, -0.2) is 0 Å². The number of rotatable bonds is 1. The highest BCUT2D eigenvalue weighted by Crippen LogP contribution is 2.54. The molecule has 0 spiro atoms. The minimum atomic E-state index is -0.560. The molecule has 6 heteroatoms. The molecule has 0 radical (unpaired) electrons. The summed E-state index contributed by atoms with van der Waals surface area (Å²) in [6.07, 6.45) is -0.229. The number of epoxide rings is 1. The number of fused-ring (bicyclic) bond motifs is 3. The average molecular weight is 246 g/mol. The Morgan fingerprint density at radius 2 is 2.22 bits per heavy atom. The molecule has 6 nitrogen and oxygen atoms in total. The molecule has 0 amide bonds. The quantitative estimate of drug-likeness (QED) is 0.430. The molecule has 2 aliphatic rings. The number of hydrogen-bond donors (Lipinski definition) is 0. The van der Waals surface area contributed by atoms with E-state index in [1.165, 1.54) is 12.1 Å². The number of nitro benzene ring substituents is 1. The zero-order valence-electron chi connectivity index (χ0n) is 9.84. The Labute approximate surface area is 103 Å². The number of ether oxygens (including phenoxy) is 2. The Balaban J connectivity index is 2.16. The van der Waals surface area contributed by atoms with Gasteiger partial charge in [0.15, 0.2) is 0 Å². The molecule has 2 unspecified atom stereocenters. The highest BCUT2D eigenvalue weighted by molar-refractivity contribution is 5.58. The van der Waals surface area contributed by atoms with E-state index in [2.05, 4.69) is 0 Å². The second-order valence-corrected chi connectivity index (χ2v) is 4.96. The Kier molecular flexibility index (Phi) is 1.96. The van der Waals surface area contributed by atoms with Crippen molar-refractivity contribution >= 4 is 5.69 Å². The van der Waals surface area contributed by atoms with Crippen molar-refractivity contribution in [2.24, 2.45) is 0 Å². The SMILES string of the molecule is CC1(C)Oc2cc(C#N)c([N+](=O)[O-])cc2C2OC21. The molecule has 3 rings (SSSR count). The lowest BCUT2D eigenvalue weighted by atomic mass is 9.93. The lowest BCUT2D eigenvalue weighted by molar-refractivity contribution is -0.385. The van der Waals surface area contributed by atoms with Crippen LogP contribution in [0.3, 0.4) is 0 Å². The zero-order valence-corrected chi connectivity index (χ0v) is 9.84. The molecule has 0 N–H and O–H groups in total. The average Bonchev–Trinajstić information content (AvgIpc) is 3.07. The van der Waals surface area contributed by atoms with Crippen molar-refractivity contribution in [3.05, 3.63) is 33.4 Å². The first kappa shape index (κ1) is 11.0. The van der Waals surface area contributed by atoms with Gasteiger partial charge in [0.05, 0.1) is 4.92 Å². The van der Waals surface area contributed by atoms with Gasteiger partial charge in [-0.1, -0.05) is 0 Å². The molecule has 0 aliphatic carbocycles. The van der Waals surface area contributed by atoms with E-state index in [4.69, 9.17) is 14.7 Å². The van der Waals surface area contributed by atoms with E-state index in [1.54, 1.807) is 0 Å². The fourth-order valence-electron chi connectivity index (χ4n) is 2.35. The van der Waals surface area contributed by atoms with Gasteiger partial charge in [-0.2, -0.15) is 5.26 Å². The molecule has 1 saturated heterocycles. The highest BCUT2D eigenvalue weighted by Gasteiger charge is 2.57. The van der Waals surface area contributed by atoms with Crippen molar-refractivity contribution in [2.75, 3.05) is 0 Å². The Morgan fingerprint density at radius 3 is 2.83 bits per heavy atom. The van der Waals surface area contributed by atoms with Gasteiger partial charge in [-0.15, -0.1) is 0 Å². The Hall–Kier alpha value is -2.13. The van der Waals surface area contributed by atoms with Crippen molar-refractivity contribution in [1.82, 2.24) is 0 Å². The van der Waals surface area contributed by atoms with Crippen LogP contribution >= 0.6 is 0 Å². The molecule has 2 atom stereocenters. The second-order valence-electron chi connectivity index (χ2n) is 4.96. The van der Waals surface area contributed by atoms with Crippen LogP contribution < -0.4 is 4.74 Å². The summed E-state index contributed by atoms with van der Waals surface area (Å²) in [6, 6.07) is 4.63. The third kappa shape index (κ3) is 1.38. The van der Waals surface area contributed by atoms with Gasteiger partial charge in [-0.3, -0.25) is 10.1 Å². The summed E-state index contributed by atoms with van der Waals surface area (Å²) in [6.45, 7) is 3.79. The smallest absolute Gasteiger partial charge is 0.287 e. The van der Waals surface area contributed by atoms with Crippen LogP contribution in [0.15, 0.2) is 12.1 Å². The minimum absolute atomic E-state index is 0.00801. The number of nitrogens with zero attached hydrogens (tertiary/aromatic N) is 2. The van der Waals surface area contributed by atoms with Gasteiger partial charge < -0.3 is 9.47 Å². The second kappa shape index (κ2) is 3.21.